The first kappa shape index (κ1) is 14.7. The molecule has 2 aromatic carbocycles. The van der Waals surface area contributed by atoms with Gasteiger partial charge >= 0.3 is 0 Å². The van der Waals surface area contributed by atoms with Crippen LogP contribution in [0.2, 0.25) is 0 Å². The van der Waals surface area contributed by atoms with Gasteiger partial charge in [-0.3, -0.25) is 9.59 Å². The van der Waals surface area contributed by atoms with Crippen LogP contribution >= 0.6 is 11.8 Å². The number of rotatable bonds is 3. The minimum Gasteiger partial charge on any atom is -0.324 e. The lowest BCUT2D eigenvalue weighted by Gasteiger charge is -2.17. The summed E-state index contributed by atoms with van der Waals surface area (Å²) < 4.78 is 0. The number of nitrogens with one attached hydrogen (secondary N) is 2. The summed E-state index contributed by atoms with van der Waals surface area (Å²) >= 11 is 1.48. The van der Waals surface area contributed by atoms with Gasteiger partial charge in [-0.2, -0.15) is 0 Å². The van der Waals surface area contributed by atoms with E-state index < -0.39 is 0 Å². The molecular weight excluding hydrogens is 296 g/mol. The summed E-state index contributed by atoms with van der Waals surface area (Å²) in [7, 11) is 0. The van der Waals surface area contributed by atoms with Crippen LogP contribution in [0.15, 0.2) is 47.4 Å². The molecule has 0 aliphatic carbocycles. The average Bonchev–Trinajstić information content (AvgIpc) is 2.54. The predicted molar refractivity (Wildman–Crippen MR) is 89.6 cm³/mol. The fraction of sp³-hybridized carbons (Fsp3) is 0.176. The first-order chi connectivity index (χ1) is 10.7. The van der Waals surface area contributed by atoms with E-state index in [1.165, 1.54) is 17.3 Å². The van der Waals surface area contributed by atoms with Gasteiger partial charge in [-0.15, -0.1) is 11.8 Å². The number of fused-ring (bicyclic) bond motifs is 1. The number of hydrogen-bond acceptors (Lipinski definition) is 3. The minimum absolute atomic E-state index is 0.0364. The molecule has 0 spiro atoms. The molecule has 2 amide bonds. The Morgan fingerprint density at radius 3 is 2.95 bits per heavy atom. The molecule has 0 aromatic heterocycles. The molecule has 0 atom stereocenters. The summed E-state index contributed by atoms with van der Waals surface area (Å²) in [6, 6.07) is 13.2. The van der Waals surface area contributed by atoms with Gasteiger partial charge in [0.2, 0.25) is 5.91 Å². The van der Waals surface area contributed by atoms with Gasteiger partial charge in [0.1, 0.15) is 0 Å². The van der Waals surface area contributed by atoms with Crippen molar-refractivity contribution in [2.24, 2.45) is 0 Å². The monoisotopic (exact) mass is 312 g/mol. The SMILES string of the molecule is CCc1cccc(NC(=O)c2ccc3c(c2)NC(=O)CS3)c1. The Morgan fingerprint density at radius 1 is 1.27 bits per heavy atom. The first-order valence-corrected chi connectivity index (χ1v) is 8.11. The number of benzene rings is 2. The molecule has 0 radical (unpaired) electrons. The maximum atomic E-state index is 12.4. The molecule has 5 heteroatoms. The van der Waals surface area contributed by atoms with Crippen LogP contribution in [0.5, 0.6) is 0 Å². The summed E-state index contributed by atoms with van der Waals surface area (Å²) in [5, 5.41) is 5.69. The van der Waals surface area contributed by atoms with E-state index in [0.29, 0.717) is 17.0 Å². The van der Waals surface area contributed by atoms with Gasteiger partial charge in [-0.25, -0.2) is 0 Å². The highest BCUT2D eigenvalue weighted by molar-refractivity contribution is 8.00. The molecule has 0 bridgehead atoms. The Labute approximate surface area is 133 Å². The van der Waals surface area contributed by atoms with E-state index >= 15 is 0 Å². The van der Waals surface area contributed by atoms with Crippen molar-refractivity contribution < 1.29 is 9.59 Å². The highest BCUT2D eigenvalue weighted by atomic mass is 32.2. The summed E-state index contributed by atoms with van der Waals surface area (Å²) in [5.74, 6) is 0.203. The van der Waals surface area contributed by atoms with Gasteiger partial charge < -0.3 is 10.6 Å². The lowest BCUT2D eigenvalue weighted by atomic mass is 10.1. The van der Waals surface area contributed by atoms with E-state index in [1.807, 2.05) is 30.3 Å². The molecule has 1 aliphatic heterocycles. The van der Waals surface area contributed by atoms with Crippen molar-refractivity contribution in [3.8, 4) is 0 Å². The molecule has 4 nitrogen and oxygen atoms in total. The normalized spacial score (nSPS) is 13.2. The molecule has 0 saturated heterocycles. The number of anilines is 2. The summed E-state index contributed by atoms with van der Waals surface area (Å²) in [4.78, 5) is 24.8. The van der Waals surface area contributed by atoms with Crippen molar-refractivity contribution >= 4 is 35.0 Å². The third-order valence-corrected chi connectivity index (χ3v) is 4.54. The van der Waals surface area contributed by atoms with E-state index in [-0.39, 0.29) is 11.8 Å². The maximum Gasteiger partial charge on any atom is 0.255 e. The lowest BCUT2D eigenvalue weighted by Crippen LogP contribution is -2.19. The Hall–Kier alpha value is -2.27. The van der Waals surface area contributed by atoms with E-state index in [4.69, 9.17) is 0 Å². The van der Waals surface area contributed by atoms with Crippen LogP contribution in [0.3, 0.4) is 0 Å². The number of amides is 2. The molecule has 0 fully saturated rings. The molecule has 22 heavy (non-hydrogen) atoms. The standard InChI is InChI=1S/C17H16N2O2S/c1-2-11-4-3-5-13(8-11)18-17(21)12-6-7-15-14(9-12)19-16(20)10-22-15/h3-9H,2,10H2,1H3,(H,18,21)(H,19,20). The van der Waals surface area contributed by atoms with E-state index in [9.17, 15) is 9.59 Å². The smallest absolute Gasteiger partial charge is 0.255 e. The fourth-order valence-electron chi connectivity index (χ4n) is 2.30. The van der Waals surface area contributed by atoms with Crippen molar-refractivity contribution in [2.45, 2.75) is 18.2 Å². The molecule has 0 unspecified atom stereocenters. The molecular formula is C17H16N2O2S. The van der Waals surface area contributed by atoms with Crippen molar-refractivity contribution in [1.29, 1.82) is 0 Å². The Bertz CT molecular complexity index is 743. The van der Waals surface area contributed by atoms with Crippen molar-refractivity contribution in [3.05, 3.63) is 53.6 Å². The van der Waals surface area contributed by atoms with Gasteiger partial charge in [-0.1, -0.05) is 19.1 Å². The first-order valence-electron chi connectivity index (χ1n) is 7.12. The summed E-state index contributed by atoms with van der Waals surface area (Å²) in [6.45, 7) is 2.07. The van der Waals surface area contributed by atoms with Gasteiger partial charge in [0.25, 0.3) is 5.91 Å². The van der Waals surface area contributed by atoms with Crippen molar-refractivity contribution in [1.82, 2.24) is 0 Å². The van der Waals surface area contributed by atoms with Crippen LogP contribution < -0.4 is 10.6 Å². The Morgan fingerprint density at radius 2 is 2.14 bits per heavy atom. The van der Waals surface area contributed by atoms with Gasteiger partial charge in [-0.05, 0) is 42.3 Å². The zero-order chi connectivity index (χ0) is 15.5. The van der Waals surface area contributed by atoms with E-state index in [1.54, 1.807) is 12.1 Å². The maximum absolute atomic E-state index is 12.4. The third kappa shape index (κ3) is 3.14. The second-order valence-electron chi connectivity index (χ2n) is 5.06. The zero-order valence-electron chi connectivity index (χ0n) is 12.2. The number of carbonyl (C=O) groups excluding carboxylic acids is 2. The average molecular weight is 312 g/mol. The number of hydrogen-bond donors (Lipinski definition) is 2. The number of carbonyl (C=O) groups is 2. The Kier molecular flexibility index (Phi) is 4.15. The molecule has 1 aliphatic rings. The largest absolute Gasteiger partial charge is 0.324 e. The van der Waals surface area contributed by atoms with Crippen LogP contribution in [-0.4, -0.2) is 17.6 Å². The van der Waals surface area contributed by atoms with Crippen molar-refractivity contribution in [3.63, 3.8) is 0 Å². The lowest BCUT2D eigenvalue weighted by molar-refractivity contribution is -0.113. The van der Waals surface area contributed by atoms with Gasteiger partial charge in [0.05, 0.1) is 11.4 Å². The molecule has 2 aromatic rings. The van der Waals surface area contributed by atoms with Crippen LogP contribution in [0.25, 0.3) is 0 Å². The number of aryl methyl sites for hydroxylation is 1. The predicted octanol–water partition coefficient (Wildman–Crippen LogP) is 3.55. The molecule has 0 saturated carbocycles. The quantitative estimate of drug-likeness (QED) is 0.911. The molecule has 112 valence electrons. The highest BCUT2D eigenvalue weighted by Gasteiger charge is 2.17. The Balaban J connectivity index is 1.80. The van der Waals surface area contributed by atoms with Crippen LogP contribution in [0.1, 0.15) is 22.8 Å². The minimum atomic E-state index is -0.180. The molecule has 2 N–H and O–H groups in total. The van der Waals surface area contributed by atoms with Gasteiger partial charge in [0.15, 0.2) is 0 Å². The second kappa shape index (κ2) is 6.23. The van der Waals surface area contributed by atoms with Gasteiger partial charge in [0, 0.05) is 16.1 Å². The van der Waals surface area contributed by atoms with Crippen molar-refractivity contribution in [2.75, 3.05) is 16.4 Å². The molecule has 3 rings (SSSR count). The van der Waals surface area contributed by atoms with Crippen LogP contribution in [0, 0.1) is 0 Å². The highest BCUT2D eigenvalue weighted by Crippen LogP contribution is 2.32. The van der Waals surface area contributed by atoms with Crippen LogP contribution in [-0.2, 0) is 11.2 Å². The second-order valence-corrected chi connectivity index (χ2v) is 6.07. The summed E-state index contributed by atoms with van der Waals surface area (Å²) in [6.07, 6.45) is 0.922. The van der Waals surface area contributed by atoms with Crippen LogP contribution in [0.4, 0.5) is 11.4 Å². The molecule has 1 heterocycles. The number of thioether (sulfide) groups is 1. The van der Waals surface area contributed by atoms with E-state index in [0.717, 1.165) is 17.0 Å². The topological polar surface area (TPSA) is 58.2 Å². The fourth-order valence-corrected chi connectivity index (χ4v) is 3.09. The zero-order valence-corrected chi connectivity index (χ0v) is 13.0. The third-order valence-electron chi connectivity index (χ3n) is 3.47. The van der Waals surface area contributed by atoms with E-state index in [2.05, 4.69) is 17.6 Å². The summed E-state index contributed by atoms with van der Waals surface area (Å²) in [5.41, 5.74) is 3.19.